The molecule has 60 valence electrons. The van der Waals surface area contributed by atoms with Crippen molar-refractivity contribution in [1.82, 2.24) is 0 Å². The van der Waals surface area contributed by atoms with Crippen LogP contribution in [0.15, 0.2) is 29.4 Å². The van der Waals surface area contributed by atoms with Crippen molar-refractivity contribution in [2.75, 3.05) is 5.32 Å². The molecule has 0 atom stereocenters. The maximum atomic E-state index is 11.1. The van der Waals surface area contributed by atoms with Crippen molar-refractivity contribution >= 4 is 17.3 Å². The lowest BCUT2D eigenvalue weighted by atomic mass is 10.1. The van der Waals surface area contributed by atoms with Crippen LogP contribution in [0.25, 0.3) is 0 Å². The number of fused-ring (bicyclic) bond motifs is 1. The normalized spacial score (nSPS) is 17.7. The van der Waals surface area contributed by atoms with Crippen LogP contribution >= 0.6 is 0 Å². The molecule has 0 unspecified atom stereocenters. The Bertz CT molecular complexity index is 370. The van der Waals surface area contributed by atoms with E-state index in [0.29, 0.717) is 5.71 Å². The minimum atomic E-state index is -0.237. The fourth-order valence-electron chi connectivity index (χ4n) is 1.23. The van der Waals surface area contributed by atoms with Crippen LogP contribution in [0.2, 0.25) is 0 Å². The number of hydrogen-bond donors (Lipinski definition) is 2. The Morgan fingerprint density at radius 2 is 2.08 bits per heavy atom. The molecule has 0 saturated carbocycles. The summed E-state index contributed by atoms with van der Waals surface area (Å²) in [4.78, 5) is 11.1. The first-order valence-electron chi connectivity index (χ1n) is 3.51. The Morgan fingerprint density at radius 1 is 1.33 bits per heavy atom. The lowest BCUT2D eigenvalue weighted by molar-refractivity contribution is -0.110. The molecule has 4 heteroatoms. The van der Waals surface area contributed by atoms with Crippen molar-refractivity contribution in [3.63, 3.8) is 0 Å². The van der Waals surface area contributed by atoms with Crippen LogP contribution in [0.5, 0.6) is 0 Å². The summed E-state index contributed by atoms with van der Waals surface area (Å²) in [6, 6.07) is 7.30. The molecule has 0 fully saturated rings. The van der Waals surface area contributed by atoms with E-state index in [1.54, 1.807) is 6.07 Å². The van der Waals surface area contributed by atoms with Gasteiger partial charge in [-0.05, 0) is 6.07 Å². The molecule has 1 aliphatic rings. The SMILES string of the molecule is N/N=C1/C(=O)Nc2ccccc21. The van der Waals surface area contributed by atoms with E-state index in [1.807, 2.05) is 18.2 Å². The van der Waals surface area contributed by atoms with Gasteiger partial charge in [-0.3, -0.25) is 4.79 Å². The third-order valence-corrected chi connectivity index (χ3v) is 1.77. The highest BCUT2D eigenvalue weighted by atomic mass is 16.2. The van der Waals surface area contributed by atoms with E-state index >= 15 is 0 Å². The summed E-state index contributed by atoms with van der Waals surface area (Å²) in [5, 5.41) is 6.06. The summed E-state index contributed by atoms with van der Waals surface area (Å²) in [6.45, 7) is 0. The first-order valence-corrected chi connectivity index (χ1v) is 3.51. The summed E-state index contributed by atoms with van der Waals surface area (Å²) in [7, 11) is 0. The molecule has 0 spiro atoms. The highest BCUT2D eigenvalue weighted by Crippen LogP contribution is 2.21. The standard InChI is InChI=1S/C8H7N3O/c9-11-7-5-3-1-2-4-6(5)10-8(7)12/h1-4H,9H2,(H,10,11,12). The van der Waals surface area contributed by atoms with Gasteiger partial charge in [0.25, 0.3) is 5.91 Å². The molecule has 1 aromatic carbocycles. The van der Waals surface area contributed by atoms with Crippen molar-refractivity contribution in [2.45, 2.75) is 0 Å². The number of carbonyl (C=O) groups excluding carboxylic acids is 1. The predicted molar refractivity (Wildman–Crippen MR) is 45.8 cm³/mol. The van der Waals surface area contributed by atoms with Crippen LogP contribution in [0.4, 0.5) is 5.69 Å². The Balaban J connectivity index is 2.62. The number of rotatable bonds is 0. The molecule has 0 aliphatic carbocycles. The van der Waals surface area contributed by atoms with Crippen LogP contribution in [0.3, 0.4) is 0 Å². The van der Waals surface area contributed by atoms with Crippen molar-refractivity contribution in [3.8, 4) is 0 Å². The molecule has 1 aliphatic heterocycles. The summed E-state index contributed by atoms with van der Waals surface area (Å²) < 4.78 is 0. The third kappa shape index (κ3) is 0.780. The Kier molecular flexibility index (Phi) is 1.33. The molecule has 1 aromatic rings. The van der Waals surface area contributed by atoms with Crippen molar-refractivity contribution < 1.29 is 4.79 Å². The van der Waals surface area contributed by atoms with Crippen molar-refractivity contribution in [3.05, 3.63) is 29.8 Å². The molecule has 2 rings (SSSR count). The van der Waals surface area contributed by atoms with E-state index in [0.717, 1.165) is 11.3 Å². The first-order chi connectivity index (χ1) is 5.83. The fourth-order valence-corrected chi connectivity index (χ4v) is 1.23. The highest BCUT2D eigenvalue weighted by Gasteiger charge is 2.24. The van der Waals surface area contributed by atoms with E-state index in [1.165, 1.54) is 0 Å². The predicted octanol–water partition coefficient (Wildman–Crippen LogP) is 0.301. The molecule has 0 bridgehead atoms. The maximum Gasteiger partial charge on any atom is 0.276 e. The number of amides is 1. The minimum absolute atomic E-state index is 0.237. The van der Waals surface area contributed by atoms with Crippen molar-refractivity contribution in [2.24, 2.45) is 10.9 Å². The van der Waals surface area contributed by atoms with E-state index in [9.17, 15) is 4.79 Å². The van der Waals surface area contributed by atoms with Gasteiger partial charge in [-0.25, -0.2) is 0 Å². The topological polar surface area (TPSA) is 67.5 Å². The monoisotopic (exact) mass is 161 g/mol. The van der Waals surface area contributed by atoms with E-state index in [-0.39, 0.29) is 5.91 Å². The number of benzene rings is 1. The van der Waals surface area contributed by atoms with Gasteiger partial charge in [0, 0.05) is 5.56 Å². The molecule has 1 amide bonds. The van der Waals surface area contributed by atoms with Gasteiger partial charge in [-0.2, -0.15) is 5.10 Å². The van der Waals surface area contributed by atoms with Gasteiger partial charge < -0.3 is 11.2 Å². The number of anilines is 1. The van der Waals surface area contributed by atoms with Gasteiger partial charge in [0.1, 0.15) is 0 Å². The van der Waals surface area contributed by atoms with Crippen LogP contribution in [-0.4, -0.2) is 11.6 Å². The second-order valence-corrected chi connectivity index (χ2v) is 2.48. The Labute approximate surface area is 69.1 Å². The quantitative estimate of drug-likeness (QED) is 0.424. The maximum absolute atomic E-state index is 11.1. The van der Waals surface area contributed by atoms with Crippen LogP contribution < -0.4 is 11.2 Å². The number of carbonyl (C=O) groups is 1. The minimum Gasteiger partial charge on any atom is -0.322 e. The summed E-state index contributed by atoms with van der Waals surface area (Å²) >= 11 is 0. The summed E-state index contributed by atoms with van der Waals surface area (Å²) in [5.41, 5.74) is 1.84. The van der Waals surface area contributed by atoms with Gasteiger partial charge in [0.05, 0.1) is 5.69 Å². The molecular formula is C8H7N3O. The van der Waals surface area contributed by atoms with E-state index < -0.39 is 0 Å². The Morgan fingerprint density at radius 3 is 2.83 bits per heavy atom. The molecule has 0 saturated heterocycles. The number of hydrogen-bond acceptors (Lipinski definition) is 3. The lowest BCUT2D eigenvalue weighted by Crippen LogP contribution is -2.15. The molecule has 0 radical (unpaired) electrons. The average Bonchev–Trinajstić information content (AvgIpc) is 2.40. The van der Waals surface area contributed by atoms with Gasteiger partial charge in [0.15, 0.2) is 5.71 Å². The van der Waals surface area contributed by atoms with E-state index in [4.69, 9.17) is 5.84 Å². The Hall–Kier alpha value is -1.84. The lowest BCUT2D eigenvalue weighted by Gasteiger charge is -1.93. The number of nitrogens with one attached hydrogen (secondary N) is 1. The summed E-state index contributed by atoms with van der Waals surface area (Å²) in [5.74, 6) is 4.83. The number of nitrogens with two attached hydrogens (primary N) is 1. The average molecular weight is 161 g/mol. The van der Waals surface area contributed by atoms with Gasteiger partial charge in [0.2, 0.25) is 0 Å². The van der Waals surface area contributed by atoms with E-state index in [2.05, 4.69) is 10.4 Å². The van der Waals surface area contributed by atoms with Crippen molar-refractivity contribution in [1.29, 1.82) is 0 Å². The number of nitrogens with zero attached hydrogens (tertiary/aromatic N) is 1. The first kappa shape index (κ1) is 6.84. The zero-order valence-electron chi connectivity index (χ0n) is 6.24. The molecule has 1 heterocycles. The molecule has 0 aromatic heterocycles. The van der Waals surface area contributed by atoms with Crippen LogP contribution in [0, 0.1) is 0 Å². The number of para-hydroxylation sites is 1. The summed E-state index contributed by atoms with van der Waals surface area (Å²) in [6.07, 6.45) is 0. The van der Waals surface area contributed by atoms with Gasteiger partial charge in [-0.15, -0.1) is 0 Å². The highest BCUT2D eigenvalue weighted by molar-refractivity contribution is 6.53. The van der Waals surface area contributed by atoms with Crippen LogP contribution in [-0.2, 0) is 4.79 Å². The largest absolute Gasteiger partial charge is 0.322 e. The molecular weight excluding hydrogens is 154 g/mol. The smallest absolute Gasteiger partial charge is 0.276 e. The third-order valence-electron chi connectivity index (χ3n) is 1.77. The van der Waals surface area contributed by atoms with Crippen LogP contribution in [0.1, 0.15) is 5.56 Å². The molecule has 3 N–H and O–H groups in total. The zero-order valence-corrected chi connectivity index (χ0v) is 6.24. The zero-order chi connectivity index (χ0) is 8.55. The van der Waals surface area contributed by atoms with Gasteiger partial charge in [-0.1, -0.05) is 18.2 Å². The number of hydrazone groups is 1. The molecule has 12 heavy (non-hydrogen) atoms. The second-order valence-electron chi connectivity index (χ2n) is 2.48. The second kappa shape index (κ2) is 2.34. The molecule has 4 nitrogen and oxygen atoms in total. The van der Waals surface area contributed by atoms with Gasteiger partial charge >= 0.3 is 0 Å². The fraction of sp³-hybridized carbons (Fsp3) is 0.